The highest BCUT2D eigenvalue weighted by Crippen LogP contribution is 2.20. The second-order valence-corrected chi connectivity index (χ2v) is 6.92. The van der Waals surface area contributed by atoms with Crippen molar-refractivity contribution in [3.63, 3.8) is 0 Å². The topological polar surface area (TPSA) is 86.7 Å². The minimum Gasteiger partial charge on any atom is -0.394 e. The van der Waals surface area contributed by atoms with Crippen LogP contribution in [0.4, 0.5) is 0 Å². The highest BCUT2D eigenvalue weighted by Gasteiger charge is 2.30. The van der Waals surface area contributed by atoms with Crippen LogP contribution in [0.3, 0.4) is 0 Å². The number of carbonyl (C=O) groups is 1. The lowest BCUT2D eigenvalue weighted by Crippen LogP contribution is -2.45. The molecule has 1 saturated heterocycles. The van der Waals surface area contributed by atoms with Gasteiger partial charge in [0.05, 0.1) is 12.4 Å². The van der Waals surface area contributed by atoms with E-state index in [4.69, 9.17) is 5.11 Å². The Bertz CT molecular complexity index is 375. The molecule has 2 N–H and O–H groups in total. The summed E-state index contributed by atoms with van der Waals surface area (Å²) in [5, 5.41) is 11.6. The smallest absolute Gasteiger partial charge is 0.223 e. The molecule has 1 atom stereocenters. The fourth-order valence-electron chi connectivity index (χ4n) is 1.99. The van der Waals surface area contributed by atoms with Crippen LogP contribution in [-0.2, 0) is 14.8 Å². The zero-order valence-electron chi connectivity index (χ0n) is 10.9. The summed E-state index contributed by atoms with van der Waals surface area (Å²) in [6.45, 7) is 4.07. The van der Waals surface area contributed by atoms with Crippen LogP contribution in [0.2, 0.25) is 0 Å². The molecular weight excluding hydrogens is 256 g/mol. The molecule has 0 unspecified atom stereocenters. The molecule has 0 aromatic heterocycles. The van der Waals surface area contributed by atoms with Crippen LogP contribution in [-0.4, -0.2) is 55.2 Å². The first kappa shape index (κ1) is 15.4. The van der Waals surface area contributed by atoms with Crippen LogP contribution in [0.15, 0.2) is 0 Å². The molecule has 7 heteroatoms. The van der Waals surface area contributed by atoms with E-state index in [1.807, 2.05) is 0 Å². The molecule has 0 aromatic rings. The Hall–Kier alpha value is -0.660. The van der Waals surface area contributed by atoms with Crippen LogP contribution in [0, 0.1) is 5.92 Å². The Balaban J connectivity index is 2.47. The molecule has 6 nitrogen and oxygen atoms in total. The average molecular weight is 278 g/mol. The van der Waals surface area contributed by atoms with E-state index >= 15 is 0 Å². The Morgan fingerprint density at radius 3 is 2.44 bits per heavy atom. The molecule has 1 aliphatic heterocycles. The third-order valence-corrected chi connectivity index (χ3v) is 5.13. The van der Waals surface area contributed by atoms with Gasteiger partial charge in [0.1, 0.15) is 0 Å². The number of piperidine rings is 1. The number of amides is 1. The van der Waals surface area contributed by atoms with E-state index in [2.05, 4.69) is 5.32 Å². The number of hydrogen-bond donors (Lipinski definition) is 2. The van der Waals surface area contributed by atoms with E-state index in [0.29, 0.717) is 25.9 Å². The van der Waals surface area contributed by atoms with E-state index < -0.39 is 10.0 Å². The zero-order chi connectivity index (χ0) is 13.8. The number of carbonyl (C=O) groups excluding carboxylic acids is 1. The molecule has 0 aromatic carbocycles. The lowest BCUT2D eigenvalue weighted by atomic mass is 9.97. The van der Waals surface area contributed by atoms with Gasteiger partial charge in [0.2, 0.25) is 15.9 Å². The minimum absolute atomic E-state index is 0.0885. The van der Waals surface area contributed by atoms with Crippen molar-refractivity contribution in [2.75, 3.05) is 25.4 Å². The lowest BCUT2D eigenvalue weighted by Gasteiger charge is -2.30. The van der Waals surface area contributed by atoms with Crippen molar-refractivity contribution in [2.24, 2.45) is 5.92 Å². The molecule has 1 amide bonds. The highest BCUT2D eigenvalue weighted by molar-refractivity contribution is 7.89. The van der Waals surface area contributed by atoms with Crippen molar-refractivity contribution in [2.45, 2.75) is 32.7 Å². The van der Waals surface area contributed by atoms with Crippen molar-refractivity contribution in [3.8, 4) is 0 Å². The van der Waals surface area contributed by atoms with Gasteiger partial charge in [-0.05, 0) is 26.7 Å². The van der Waals surface area contributed by atoms with E-state index in [0.717, 1.165) is 0 Å². The van der Waals surface area contributed by atoms with Gasteiger partial charge in [0, 0.05) is 25.0 Å². The first-order valence-corrected chi connectivity index (χ1v) is 7.90. The summed E-state index contributed by atoms with van der Waals surface area (Å²) in [4.78, 5) is 11.8. The van der Waals surface area contributed by atoms with Gasteiger partial charge in [-0.25, -0.2) is 12.7 Å². The van der Waals surface area contributed by atoms with Gasteiger partial charge < -0.3 is 10.4 Å². The molecule has 0 radical (unpaired) electrons. The number of hydrogen-bond acceptors (Lipinski definition) is 4. The molecule has 1 rings (SSSR count). The zero-order valence-corrected chi connectivity index (χ0v) is 11.7. The monoisotopic (exact) mass is 278 g/mol. The molecule has 0 saturated carbocycles. The summed E-state index contributed by atoms with van der Waals surface area (Å²) >= 11 is 0. The van der Waals surface area contributed by atoms with Crippen LogP contribution in [0.25, 0.3) is 0 Å². The van der Waals surface area contributed by atoms with Crippen LogP contribution < -0.4 is 5.32 Å². The fourth-order valence-corrected chi connectivity index (χ4v) is 3.12. The van der Waals surface area contributed by atoms with Gasteiger partial charge in [-0.15, -0.1) is 0 Å². The Kier molecular flexibility index (Phi) is 5.55. The minimum atomic E-state index is -3.14. The summed E-state index contributed by atoms with van der Waals surface area (Å²) in [6.07, 6.45) is 1.09. The number of rotatable bonds is 5. The van der Waals surface area contributed by atoms with Gasteiger partial charge in [0.15, 0.2) is 0 Å². The highest BCUT2D eigenvalue weighted by atomic mass is 32.2. The second kappa shape index (κ2) is 6.49. The van der Waals surface area contributed by atoms with Crippen LogP contribution in [0.5, 0.6) is 0 Å². The van der Waals surface area contributed by atoms with Gasteiger partial charge >= 0.3 is 0 Å². The molecule has 1 aliphatic rings. The molecule has 1 heterocycles. The summed E-state index contributed by atoms with van der Waals surface area (Å²) in [6, 6.07) is -0.255. The van der Waals surface area contributed by atoms with Gasteiger partial charge in [-0.2, -0.15) is 0 Å². The Morgan fingerprint density at radius 2 is 2.00 bits per heavy atom. The maximum absolute atomic E-state index is 11.8. The number of nitrogens with zero attached hydrogens (tertiary/aromatic N) is 1. The summed E-state index contributed by atoms with van der Waals surface area (Å²) in [7, 11) is -3.14. The number of nitrogens with one attached hydrogen (secondary N) is 1. The Labute approximate surface area is 108 Å². The van der Waals surface area contributed by atoms with E-state index in [-0.39, 0.29) is 30.2 Å². The number of aliphatic hydroxyl groups is 1. The standard InChI is InChI=1S/C11H22N2O4S/c1-3-18(16,17)13-6-4-10(5-7-13)11(15)12-9(2)8-14/h9-10,14H,3-8H2,1-2H3,(H,12,15)/t9-/m1/s1. The number of aliphatic hydroxyl groups excluding tert-OH is 1. The molecule has 0 aliphatic carbocycles. The predicted octanol–water partition coefficient (Wildman–Crippen LogP) is -0.455. The van der Waals surface area contributed by atoms with E-state index in [9.17, 15) is 13.2 Å². The Morgan fingerprint density at radius 1 is 1.44 bits per heavy atom. The van der Waals surface area contributed by atoms with E-state index in [1.54, 1.807) is 13.8 Å². The average Bonchev–Trinajstić information content (AvgIpc) is 2.38. The van der Waals surface area contributed by atoms with Crippen molar-refractivity contribution in [1.29, 1.82) is 0 Å². The normalized spacial score (nSPS) is 20.6. The maximum Gasteiger partial charge on any atom is 0.223 e. The first-order chi connectivity index (χ1) is 8.40. The van der Waals surface area contributed by atoms with Crippen molar-refractivity contribution >= 4 is 15.9 Å². The molecule has 18 heavy (non-hydrogen) atoms. The third kappa shape index (κ3) is 3.93. The van der Waals surface area contributed by atoms with Crippen molar-refractivity contribution in [1.82, 2.24) is 9.62 Å². The lowest BCUT2D eigenvalue weighted by molar-refractivity contribution is -0.127. The summed E-state index contributed by atoms with van der Waals surface area (Å²) in [5.74, 6) is -0.141. The van der Waals surface area contributed by atoms with Gasteiger partial charge in [-0.3, -0.25) is 4.79 Å². The van der Waals surface area contributed by atoms with Gasteiger partial charge in [-0.1, -0.05) is 0 Å². The summed E-state index contributed by atoms with van der Waals surface area (Å²) < 4.78 is 24.7. The van der Waals surface area contributed by atoms with Crippen molar-refractivity contribution in [3.05, 3.63) is 0 Å². The van der Waals surface area contributed by atoms with E-state index in [1.165, 1.54) is 4.31 Å². The molecule has 1 fully saturated rings. The fraction of sp³-hybridized carbons (Fsp3) is 0.909. The summed E-state index contributed by atoms with van der Waals surface area (Å²) in [5.41, 5.74) is 0. The molecular formula is C11H22N2O4S. The number of sulfonamides is 1. The first-order valence-electron chi connectivity index (χ1n) is 6.29. The largest absolute Gasteiger partial charge is 0.394 e. The van der Waals surface area contributed by atoms with Crippen molar-refractivity contribution < 1.29 is 18.3 Å². The van der Waals surface area contributed by atoms with Gasteiger partial charge in [0.25, 0.3) is 0 Å². The predicted molar refractivity (Wildman–Crippen MR) is 68.4 cm³/mol. The quantitative estimate of drug-likeness (QED) is 0.713. The molecule has 106 valence electrons. The molecule has 0 spiro atoms. The van der Waals surface area contributed by atoms with Crippen LogP contribution in [0.1, 0.15) is 26.7 Å². The SMILES string of the molecule is CCS(=O)(=O)N1CCC(C(=O)N[C@H](C)CO)CC1. The maximum atomic E-state index is 11.8. The van der Waals surface area contributed by atoms with Crippen LogP contribution >= 0.6 is 0 Å². The third-order valence-electron chi connectivity index (χ3n) is 3.25. The second-order valence-electron chi connectivity index (χ2n) is 4.67. The molecule has 0 bridgehead atoms.